The van der Waals surface area contributed by atoms with Gasteiger partial charge in [0.2, 0.25) is 11.8 Å². The minimum absolute atomic E-state index is 0.422. The van der Waals surface area contributed by atoms with Crippen molar-refractivity contribution >= 4 is 0 Å². The number of piperidine rings is 1. The predicted octanol–water partition coefficient (Wildman–Crippen LogP) is 1.39. The smallest absolute Gasteiger partial charge is 0.240 e. The third-order valence-corrected chi connectivity index (χ3v) is 4.39. The van der Waals surface area contributed by atoms with Gasteiger partial charge in [-0.1, -0.05) is 10.3 Å². The SMILES string of the molecule is Cc1noc(CN[C@@H]2CCCN(Cc3noc(C4CC4)n3)C2)n1. The molecule has 3 heterocycles. The van der Waals surface area contributed by atoms with Gasteiger partial charge in [0.15, 0.2) is 11.6 Å². The van der Waals surface area contributed by atoms with E-state index in [4.69, 9.17) is 9.05 Å². The lowest BCUT2D eigenvalue weighted by Crippen LogP contribution is -2.45. The molecule has 1 saturated carbocycles. The van der Waals surface area contributed by atoms with Gasteiger partial charge >= 0.3 is 0 Å². The molecular weight excluding hydrogens is 296 g/mol. The first-order valence-corrected chi connectivity index (χ1v) is 8.33. The average Bonchev–Trinajstić information content (AvgIpc) is 3.16. The molecule has 0 amide bonds. The van der Waals surface area contributed by atoms with E-state index in [9.17, 15) is 0 Å². The highest BCUT2D eigenvalue weighted by molar-refractivity contribution is 5.01. The van der Waals surface area contributed by atoms with Gasteiger partial charge in [0.05, 0.1) is 13.1 Å². The Morgan fingerprint density at radius 2 is 2.09 bits per heavy atom. The summed E-state index contributed by atoms with van der Waals surface area (Å²) in [6.07, 6.45) is 4.69. The second kappa shape index (κ2) is 6.37. The van der Waals surface area contributed by atoms with Crippen LogP contribution in [-0.4, -0.2) is 44.3 Å². The molecule has 0 unspecified atom stereocenters. The molecule has 8 nitrogen and oxygen atoms in total. The van der Waals surface area contributed by atoms with Crippen LogP contribution >= 0.6 is 0 Å². The number of nitrogens with zero attached hydrogens (tertiary/aromatic N) is 5. The molecule has 23 heavy (non-hydrogen) atoms. The summed E-state index contributed by atoms with van der Waals surface area (Å²) < 4.78 is 10.5. The van der Waals surface area contributed by atoms with E-state index in [-0.39, 0.29) is 0 Å². The van der Waals surface area contributed by atoms with Crippen LogP contribution in [0.5, 0.6) is 0 Å². The monoisotopic (exact) mass is 318 g/mol. The summed E-state index contributed by atoms with van der Waals surface area (Å²) in [5.41, 5.74) is 0. The lowest BCUT2D eigenvalue weighted by atomic mass is 10.1. The second-order valence-corrected chi connectivity index (χ2v) is 6.51. The van der Waals surface area contributed by atoms with Gasteiger partial charge in [-0.05, 0) is 39.2 Å². The summed E-state index contributed by atoms with van der Waals surface area (Å²) in [5, 5.41) is 11.4. The van der Waals surface area contributed by atoms with Gasteiger partial charge in [0.25, 0.3) is 0 Å². The minimum Gasteiger partial charge on any atom is -0.339 e. The van der Waals surface area contributed by atoms with Gasteiger partial charge in [-0.25, -0.2) is 0 Å². The van der Waals surface area contributed by atoms with E-state index in [1.807, 2.05) is 6.92 Å². The molecule has 1 N–H and O–H groups in total. The Morgan fingerprint density at radius 3 is 2.87 bits per heavy atom. The van der Waals surface area contributed by atoms with Crippen LogP contribution in [0.25, 0.3) is 0 Å². The maximum atomic E-state index is 5.33. The summed E-state index contributed by atoms with van der Waals surface area (Å²) >= 11 is 0. The molecule has 2 fully saturated rings. The summed E-state index contributed by atoms with van der Waals surface area (Å²) in [6, 6.07) is 0.422. The summed E-state index contributed by atoms with van der Waals surface area (Å²) in [5.74, 6) is 3.46. The highest BCUT2D eigenvalue weighted by Gasteiger charge is 2.30. The van der Waals surface area contributed by atoms with E-state index in [0.29, 0.717) is 30.2 Å². The predicted molar refractivity (Wildman–Crippen MR) is 80.4 cm³/mol. The maximum Gasteiger partial charge on any atom is 0.240 e. The van der Waals surface area contributed by atoms with Gasteiger partial charge in [-0.15, -0.1) is 0 Å². The summed E-state index contributed by atoms with van der Waals surface area (Å²) in [6.45, 7) is 5.25. The zero-order chi connectivity index (χ0) is 15.6. The highest BCUT2D eigenvalue weighted by atomic mass is 16.5. The number of hydrogen-bond donors (Lipinski definition) is 1. The first-order chi connectivity index (χ1) is 11.3. The van der Waals surface area contributed by atoms with Gasteiger partial charge in [-0.3, -0.25) is 4.90 Å². The van der Waals surface area contributed by atoms with Crippen LogP contribution in [0.3, 0.4) is 0 Å². The standard InChI is InChI=1S/C15H22N6O2/c1-10-17-14(22-19-10)7-16-12-3-2-6-21(8-12)9-13-18-15(23-20-13)11-4-5-11/h11-12,16H,2-9H2,1H3/t12-/m1/s1. The van der Waals surface area contributed by atoms with Crippen molar-refractivity contribution in [2.45, 2.75) is 57.7 Å². The van der Waals surface area contributed by atoms with Crippen LogP contribution in [0.4, 0.5) is 0 Å². The molecule has 124 valence electrons. The van der Waals surface area contributed by atoms with Crippen molar-refractivity contribution in [2.75, 3.05) is 13.1 Å². The Hall–Kier alpha value is -1.80. The topological polar surface area (TPSA) is 93.1 Å². The van der Waals surface area contributed by atoms with Crippen molar-refractivity contribution in [1.82, 2.24) is 30.5 Å². The Balaban J connectivity index is 1.27. The fraction of sp³-hybridized carbons (Fsp3) is 0.733. The lowest BCUT2D eigenvalue weighted by Gasteiger charge is -2.32. The number of aromatic nitrogens is 4. The molecule has 2 aromatic rings. The Bertz CT molecular complexity index is 650. The van der Waals surface area contributed by atoms with Crippen molar-refractivity contribution in [3.63, 3.8) is 0 Å². The van der Waals surface area contributed by atoms with Crippen LogP contribution in [0.15, 0.2) is 9.05 Å². The van der Waals surface area contributed by atoms with Crippen LogP contribution in [0.2, 0.25) is 0 Å². The molecule has 2 aromatic heterocycles. The first-order valence-electron chi connectivity index (χ1n) is 8.33. The van der Waals surface area contributed by atoms with Crippen LogP contribution in [0, 0.1) is 6.92 Å². The molecule has 1 aliphatic heterocycles. The number of aryl methyl sites for hydroxylation is 1. The van der Waals surface area contributed by atoms with Crippen LogP contribution in [-0.2, 0) is 13.1 Å². The number of likely N-dealkylation sites (tertiary alicyclic amines) is 1. The molecule has 0 spiro atoms. The highest BCUT2D eigenvalue weighted by Crippen LogP contribution is 2.38. The molecule has 8 heteroatoms. The molecule has 1 aliphatic carbocycles. The van der Waals surface area contributed by atoms with Gasteiger partial charge in [-0.2, -0.15) is 9.97 Å². The Morgan fingerprint density at radius 1 is 1.17 bits per heavy atom. The van der Waals surface area contributed by atoms with Crippen molar-refractivity contribution in [2.24, 2.45) is 0 Å². The largest absolute Gasteiger partial charge is 0.339 e. The van der Waals surface area contributed by atoms with Crippen molar-refractivity contribution in [3.05, 3.63) is 23.4 Å². The zero-order valence-corrected chi connectivity index (χ0v) is 13.4. The zero-order valence-electron chi connectivity index (χ0n) is 13.4. The minimum atomic E-state index is 0.422. The molecule has 0 radical (unpaired) electrons. The van der Waals surface area contributed by atoms with E-state index in [1.165, 1.54) is 12.8 Å². The van der Waals surface area contributed by atoms with Crippen LogP contribution < -0.4 is 5.32 Å². The van der Waals surface area contributed by atoms with E-state index in [0.717, 1.165) is 44.2 Å². The third-order valence-electron chi connectivity index (χ3n) is 4.39. The third kappa shape index (κ3) is 3.76. The van der Waals surface area contributed by atoms with Crippen molar-refractivity contribution < 1.29 is 9.05 Å². The summed E-state index contributed by atoms with van der Waals surface area (Å²) in [7, 11) is 0. The lowest BCUT2D eigenvalue weighted by molar-refractivity contribution is 0.174. The fourth-order valence-electron chi connectivity index (χ4n) is 3.04. The fourth-order valence-corrected chi connectivity index (χ4v) is 3.04. The first kappa shape index (κ1) is 14.8. The summed E-state index contributed by atoms with van der Waals surface area (Å²) in [4.78, 5) is 11.1. The van der Waals surface area contributed by atoms with Gasteiger partial charge in [0.1, 0.15) is 0 Å². The number of rotatable bonds is 6. The Kier molecular flexibility index (Phi) is 4.09. The maximum absolute atomic E-state index is 5.33. The molecule has 1 atom stereocenters. The second-order valence-electron chi connectivity index (χ2n) is 6.51. The van der Waals surface area contributed by atoms with Crippen molar-refractivity contribution in [1.29, 1.82) is 0 Å². The van der Waals surface area contributed by atoms with Crippen LogP contribution in [0.1, 0.15) is 55.0 Å². The molecular formula is C15H22N6O2. The van der Waals surface area contributed by atoms with Gasteiger partial charge < -0.3 is 14.4 Å². The van der Waals surface area contributed by atoms with E-state index >= 15 is 0 Å². The average molecular weight is 318 g/mol. The van der Waals surface area contributed by atoms with E-state index < -0.39 is 0 Å². The number of nitrogens with one attached hydrogen (secondary N) is 1. The van der Waals surface area contributed by atoms with E-state index in [1.54, 1.807) is 0 Å². The van der Waals surface area contributed by atoms with E-state index in [2.05, 4.69) is 30.5 Å². The molecule has 4 rings (SSSR count). The molecule has 0 bridgehead atoms. The molecule has 1 saturated heterocycles. The van der Waals surface area contributed by atoms with Crippen molar-refractivity contribution in [3.8, 4) is 0 Å². The normalized spacial score (nSPS) is 22.6. The number of hydrogen-bond acceptors (Lipinski definition) is 8. The Labute approximate surface area is 134 Å². The molecule has 0 aromatic carbocycles. The molecule has 2 aliphatic rings. The van der Waals surface area contributed by atoms with Gasteiger partial charge in [0, 0.05) is 18.5 Å². The quantitative estimate of drug-likeness (QED) is 0.854.